The maximum Gasteiger partial charge on any atom is 0.460 e. The van der Waals surface area contributed by atoms with Crippen LogP contribution in [0.25, 0.3) is 0 Å². The number of aliphatic hydroxyl groups excluding tert-OH is 1. The lowest BCUT2D eigenvalue weighted by molar-refractivity contribution is -0.349. The van der Waals surface area contributed by atoms with Crippen LogP contribution in [0.4, 0.5) is 61.5 Å². The van der Waals surface area contributed by atoms with Gasteiger partial charge in [0.15, 0.2) is 5.76 Å². The van der Waals surface area contributed by atoms with Gasteiger partial charge in [0.05, 0.1) is 0 Å². The van der Waals surface area contributed by atoms with Crippen LogP contribution in [0.15, 0.2) is 11.8 Å². The van der Waals surface area contributed by atoms with Gasteiger partial charge in [-0.2, -0.15) is 61.5 Å². The molecular weight excluding hydrogens is 406 g/mol. The van der Waals surface area contributed by atoms with E-state index >= 15 is 0 Å². The maximum atomic E-state index is 12.8. The fourth-order valence-electron chi connectivity index (χ4n) is 0.977. The van der Waals surface area contributed by atoms with E-state index in [9.17, 15) is 66.3 Å². The number of carbonyl (C=O) groups is 1. The molecule has 25 heavy (non-hydrogen) atoms. The van der Waals surface area contributed by atoms with Crippen LogP contribution in [0.3, 0.4) is 0 Å². The van der Waals surface area contributed by atoms with Crippen LogP contribution >= 0.6 is 0 Å². The third-order valence-corrected chi connectivity index (χ3v) is 2.40. The van der Waals surface area contributed by atoms with Gasteiger partial charge in [0.25, 0.3) is 0 Å². The summed E-state index contributed by atoms with van der Waals surface area (Å²) in [6.45, 7) is 0. The number of rotatable bonds is 5. The molecule has 0 aromatic heterocycles. The van der Waals surface area contributed by atoms with Gasteiger partial charge in [-0.3, -0.25) is 4.79 Å². The number of aliphatic hydroxyl groups is 1. The first-order valence-electron chi connectivity index (χ1n) is 5.15. The SMILES string of the molecule is O=C(C=C(O)C(F)(F)C(F)(F)C(F)(F)F)C(F)(F)C(F)(F)C(F)(F)F. The van der Waals surface area contributed by atoms with Crippen molar-refractivity contribution in [3.8, 4) is 0 Å². The van der Waals surface area contributed by atoms with Crippen LogP contribution in [0, 0.1) is 0 Å². The van der Waals surface area contributed by atoms with Crippen LogP contribution in [-0.2, 0) is 4.79 Å². The van der Waals surface area contributed by atoms with Crippen molar-refractivity contribution in [2.45, 2.75) is 36.0 Å². The van der Waals surface area contributed by atoms with Crippen LogP contribution in [0.2, 0.25) is 0 Å². The van der Waals surface area contributed by atoms with E-state index in [4.69, 9.17) is 5.11 Å². The molecule has 0 rings (SSSR count). The van der Waals surface area contributed by atoms with Gasteiger partial charge in [-0.25, -0.2) is 0 Å². The summed E-state index contributed by atoms with van der Waals surface area (Å²) in [6, 6.07) is 0. The Morgan fingerprint density at radius 2 is 0.880 bits per heavy atom. The summed E-state index contributed by atoms with van der Waals surface area (Å²) in [5.41, 5.74) is 0. The number of halogens is 14. The number of hydrogen-bond acceptors (Lipinski definition) is 2. The highest BCUT2D eigenvalue weighted by atomic mass is 19.4. The molecule has 148 valence electrons. The van der Waals surface area contributed by atoms with Gasteiger partial charge >= 0.3 is 36.0 Å². The Balaban J connectivity index is 6.02. The molecule has 16 heteroatoms. The highest BCUT2D eigenvalue weighted by Gasteiger charge is 2.77. The number of carbonyl (C=O) groups excluding carboxylic acids is 1. The summed E-state index contributed by atoms with van der Waals surface area (Å²) >= 11 is 0. The second-order valence-corrected chi connectivity index (χ2v) is 4.19. The Morgan fingerprint density at radius 1 is 0.600 bits per heavy atom. The number of alkyl halides is 14. The third kappa shape index (κ3) is 3.61. The lowest BCUT2D eigenvalue weighted by Crippen LogP contribution is -2.56. The topological polar surface area (TPSA) is 37.3 Å². The van der Waals surface area contributed by atoms with E-state index in [-0.39, 0.29) is 0 Å². The molecule has 0 fully saturated rings. The van der Waals surface area contributed by atoms with Gasteiger partial charge in [-0.05, 0) is 0 Å². The largest absolute Gasteiger partial charge is 0.506 e. The summed E-state index contributed by atoms with van der Waals surface area (Å²) in [5, 5.41) is 8.33. The van der Waals surface area contributed by atoms with Crippen molar-refractivity contribution in [2.24, 2.45) is 0 Å². The minimum atomic E-state index is -7.21. The minimum absolute atomic E-state index is 1.97. The standard InChI is InChI=1S/C9H2F14O2/c10-4(11,6(14,15)8(18,19)20)2(24)1-3(25)5(12,13)7(16,17)9(21,22)23/h1,24H. The molecule has 0 unspecified atom stereocenters. The first-order chi connectivity index (χ1) is 10.5. The van der Waals surface area contributed by atoms with Gasteiger partial charge in [-0.1, -0.05) is 0 Å². The molecule has 0 atom stereocenters. The Hall–Kier alpha value is -1.77. The van der Waals surface area contributed by atoms with Crippen molar-refractivity contribution in [2.75, 3.05) is 0 Å². The van der Waals surface area contributed by atoms with Crippen LogP contribution in [0.1, 0.15) is 0 Å². The molecule has 0 amide bonds. The summed E-state index contributed by atoms with van der Waals surface area (Å²) in [7, 11) is 0. The van der Waals surface area contributed by atoms with Gasteiger partial charge < -0.3 is 5.11 Å². The maximum absolute atomic E-state index is 12.8. The first kappa shape index (κ1) is 23.2. The molecule has 1 N–H and O–H groups in total. The molecule has 0 bridgehead atoms. The summed E-state index contributed by atoms with van der Waals surface area (Å²) in [4.78, 5) is 10.6. The lowest BCUT2D eigenvalue weighted by Gasteiger charge is -2.28. The Labute approximate surface area is 126 Å². The normalized spacial score (nSPS) is 16.2. The molecule has 0 aromatic carbocycles. The van der Waals surface area contributed by atoms with E-state index in [0.717, 1.165) is 0 Å². The molecule has 0 aliphatic heterocycles. The van der Waals surface area contributed by atoms with Gasteiger partial charge in [0.2, 0.25) is 5.78 Å². The van der Waals surface area contributed by atoms with E-state index in [0.29, 0.717) is 0 Å². The zero-order valence-electron chi connectivity index (χ0n) is 10.7. The van der Waals surface area contributed by atoms with Crippen molar-refractivity contribution in [1.82, 2.24) is 0 Å². The molecule has 0 saturated carbocycles. The van der Waals surface area contributed by atoms with E-state index < -0.39 is 53.7 Å². The van der Waals surface area contributed by atoms with Crippen molar-refractivity contribution in [3.63, 3.8) is 0 Å². The molecule has 0 aromatic rings. The van der Waals surface area contributed by atoms with Crippen molar-refractivity contribution < 1.29 is 71.4 Å². The predicted molar refractivity (Wildman–Crippen MR) is 47.6 cm³/mol. The second kappa shape index (κ2) is 5.89. The number of hydrogen-bond donors (Lipinski definition) is 1. The van der Waals surface area contributed by atoms with E-state index in [1.165, 1.54) is 0 Å². The van der Waals surface area contributed by atoms with E-state index in [1.54, 1.807) is 0 Å². The summed E-state index contributed by atoms with van der Waals surface area (Å²) < 4.78 is 171. The minimum Gasteiger partial charge on any atom is -0.506 e. The third-order valence-electron chi connectivity index (χ3n) is 2.40. The van der Waals surface area contributed by atoms with Crippen molar-refractivity contribution in [1.29, 1.82) is 0 Å². The van der Waals surface area contributed by atoms with Crippen LogP contribution < -0.4 is 0 Å². The average Bonchev–Trinajstić information content (AvgIpc) is 2.34. The highest BCUT2D eigenvalue weighted by molar-refractivity contribution is 5.97. The Bertz CT molecular complexity index is 552. The average molecular weight is 408 g/mol. The Morgan fingerprint density at radius 3 is 1.16 bits per heavy atom. The van der Waals surface area contributed by atoms with Gasteiger partial charge in [0.1, 0.15) is 0 Å². The summed E-state index contributed by atoms with van der Waals surface area (Å²) in [5.74, 6) is -35.9. The molecule has 0 heterocycles. The molecule has 0 radical (unpaired) electrons. The van der Waals surface area contributed by atoms with E-state index in [1.807, 2.05) is 0 Å². The smallest absolute Gasteiger partial charge is 0.460 e. The predicted octanol–water partition coefficient (Wildman–Crippen LogP) is 4.66. The molecular formula is C9H2F14O2. The monoisotopic (exact) mass is 408 g/mol. The molecule has 2 nitrogen and oxygen atoms in total. The zero-order chi connectivity index (χ0) is 20.9. The van der Waals surface area contributed by atoms with Crippen molar-refractivity contribution in [3.05, 3.63) is 11.8 Å². The fraction of sp³-hybridized carbons (Fsp3) is 0.667. The molecule has 0 spiro atoms. The highest BCUT2D eigenvalue weighted by Crippen LogP contribution is 2.50. The number of ketones is 1. The Kier molecular flexibility index (Phi) is 5.48. The second-order valence-electron chi connectivity index (χ2n) is 4.19. The molecule has 0 saturated heterocycles. The quantitative estimate of drug-likeness (QED) is 0.408. The van der Waals surface area contributed by atoms with Crippen molar-refractivity contribution >= 4 is 5.78 Å². The van der Waals surface area contributed by atoms with E-state index in [2.05, 4.69) is 0 Å². The summed E-state index contributed by atoms with van der Waals surface area (Å²) in [6.07, 6.45) is -16.2. The lowest BCUT2D eigenvalue weighted by atomic mass is 10.0. The molecule has 0 aliphatic rings. The van der Waals surface area contributed by atoms with Crippen LogP contribution in [0.5, 0.6) is 0 Å². The van der Waals surface area contributed by atoms with Crippen LogP contribution in [-0.4, -0.2) is 46.9 Å². The number of allylic oxidation sites excluding steroid dienone is 2. The fourth-order valence-corrected chi connectivity index (χ4v) is 0.977. The van der Waals surface area contributed by atoms with Gasteiger partial charge in [0, 0.05) is 6.08 Å². The first-order valence-corrected chi connectivity index (χ1v) is 5.15. The zero-order valence-corrected chi connectivity index (χ0v) is 10.7. The molecule has 0 aliphatic carbocycles. The van der Waals surface area contributed by atoms with Gasteiger partial charge in [-0.15, -0.1) is 0 Å².